The summed E-state index contributed by atoms with van der Waals surface area (Å²) in [5, 5.41) is 9.15. The lowest BCUT2D eigenvalue weighted by Crippen LogP contribution is -2.10. The molecule has 5 nitrogen and oxygen atoms in total. The molecule has 0 fully saturated rings. The minimum Gasteiger partial charge on any atom is -0.493 e. The van der Waals surface area contributed by atoms with Gasteiger partial charge in [-0.05, 0) is 6.07 Å². The molecule has 108 valence electrons. The van der Waals surface area contributed by atoms with E-state index in [0.29, 0.717) is 5.56 Å². The average Bonchev–Trinajstić information content (AvgIpc) is 2.34. The molecule has 0 saturated carbocycles. The number of rotatable bonds is 5. The Morgan fingerprint density at radius 2 is 1.84 bits per heavy atom. The van der Waals surface area contributed by atoms with E-state index in [-0.39, 0.29) is 18.1 Å². The molecular formula is C12H17FO5S. The van der Waals surface area contributed by atoms with Crippen molar-refractivity contribution in [1.29, 1.82) is 0 Å². The number of methoxy groups -OCH3 is 2. The van der Waals surface area contributed by atoms with Crippen molar-refractivity contribution >= 4 is 9.84 Å². The number of aliphatic hydroxyl groups is 1. The summed E-state index contributed by atoms with van der Waals surface area (Å²) < 4.78 is 47.4. The first-order chi connectivity index (χ1) is 8.77. The van der Waals surface area contributed by atoms with Crippen LogP contribution >= 0.6 is 0 Å². The Morgan fingerprint density at radius 1 is 1.32 bits per heavy atom. The third-order valence-electron chi connectivity index (χ3n) is 2.76. The number of hydrogen-bond acceptors (Lipinski definition) is 5. The SMILES string of the molecule is COc1c(C(C)CO)cc(F)c(S(C)(=O)=O)c1OC. The van der Waals surface area contributed by atoms with Crippen LogP contribution in [0.15, 0.2) is 11.0 Å². The zero-order valence-corrected chi connectivity index (χ0v) is 12.0. The Kier molecular flexibility index (Phi) is 4.75. The van der Waals surface area contributed by atoms with Crippen molar-refractivity contribution in [2.75, 3.05) is 27.1 Å². The summed E-state index contributed by atoms with van der Waals surface area (Å²) in [4.78, 5) is -0.541. The molecule has 0 aliphatic rings. The normalized spacial score (nSPS) is 13.2. The zero-order chi connectivity index (χ0) is 14.8. The van der Waals surface area contributed by atoms with E-state index in [2.05, 4.69) is 0 Å². The van der Waals surface area contributed by atoms with Gasteiger partial charge in [0.15, 0.2) is 21.3 Å². The van der Waals surface area contributed by atoms with Crippen LogP contribution in [0.25, 0.3) is 0 Å². The van der Waals surface area contributed by atoms with Crippen LogP contribution in [-0.4, -0.2) is 40.6 Å². The second kappa shape index (κ2) is 5.75. The maximum Gasteiger partial charge on any atom is 0.182 e. The van der Waals surface area contributed by atoms with Gasteiger partial charge in [-0.25, -0.2) is 12.8 Å². The van der Waals surface area contributed by atoms with Crippen molar-refractivity contribution in [3.8, 4) is 11.5 Å². The highest BCUT2D eigenvalue weighted by atomic mass is 32.2. The first-order valence-electron chi connectivity index (χ1n) is 5.53. The van der Waals surface area contributed by atoms with Crippen LogP contribution in [0, 0.1) is 5.82 Å². The highest BCUT2D eigenvalue weighted by molar-refractivity contribution is 7.90. The molecule has 0 amide bonds. The van der Waals surface area contributed by atoms with Gasteiger partial charge < -0.3 is 14.6 Å². The van der Waals surface area contributed by atoms with Crippen molar-refractivity contribution in [1.82, 2.24) is 0 Å². The Labute approximate surface area is 111 Å². The third-order valence-corrected chi connectivity index (χ3v) is 3.88. The van der Waals surface area contributed by atoms with E-state index in [0.717, 1.165) is 12.3 Å². The largest absolute Gasteiger partial charge is 0.493 e. The van der Waals surface area contributed by atoms with E-state index in [4.69, 9.17) is 14.6 Å². The monoisotopic (exact) mass is 292 g/mol. The summed E-state index contributed by atoms with van der Waals surface area (Å²) in [6, 6.07) is 1.05. The van der Waals surface area contributed by atoms with Gasteiger partial charge in [-0.15, -0.1) is 0 Å². The van der Waals surface area contributed by atoms with Crippen LogP contribution in [-0.2, 0) is 9.84 Å². The van der Waals surface area contributed by atoms with Crippen LogP contribution in [0.3, 0.4) is 0 Å². The predicted octanol–water partition coefficient (Wildman–Crippen LogP) is 1.34. The van der Waals surface area contributed by atoms with E-state index in [1.54, 1.807) is 6.92 Å². The van der Waals surface area contributed by atoms with Gasteiger partial charge in [0, 0.05) is 24.3 Å². The fraction of sp³-hybridized carbons (Fsp3) is 0.500. The minimum absolute atomic E-state index is 0.117. The molecule has 0 aromatic heterocycles. The molecule has 19 heavy (non-hydrogen) atoms. The molecule has 0 bridgehead atoms. The molecule has 0 saturated heterocycles. The van der Waals surface area contributed by atoms with Gasteiger partial charge in [0.05, 0.1) is 14.2 Å². The summed E-state index contributed by atoms with van der Waals surface area (Å²) in [5.74, 6) is -1.39. The van der Waals surface area contributed by atoms with E-state index in [1.807, 2.05) is 0 Å². The summed E-state index contributed by atoms with van der Waals surface area (Å²) in [6.45, 7) is 1.44. The molecule has 1 N–H and O–H groups in total. The molecule has 7 heteroatoms. The quantitative estimate of drug-likeness (QED) is 0.886. The summed E-state index contributed by atoms with van der Waals surface area (Å²) in [6.07, 6.45) is 0.891. The number of hydrogen-bond donors (Lipinski definition) is 1. The van der Waals surface area contributed by atoms with Crippen molar-refractivity contribution in [2.24, 2.45) is 0 Å². The number of ether oxygens (including phenoxy) is 2. The maximum atomic E-state index is 14.0. The lowest BCUT2D eigenvalue weighted by molar-refractivity contribution is 0.267. The molecule has 1 unspecified atom stereocenters. The molecule has 1 atom stereocenters. The topological polar surface area (TPSA) is 72.8 Å². The average molecular weight is 292 g/mol. The summed E-state index contributed by atoms with van der Waals surface area (Å²) in [5.41, 5.74) is 0.353. The molecule has 1 aromatic rings. The standard InChI is InChI=1S/C12H17FO5S/c1-7(6-14)8-5-9(13)12(19(4,15)16)11(18-3)10(8)17-2/h5,7,14H,6H2,1-4H3. The molecule has 0 aliphatic heterocycles. The number of benzene rings is 1. The van der Waals surface area contributed by atoms with Crippen molar-refractivity contribution < 1.29 is 27.4 Å². The fourth-order valence-electron chi connectivity index (χ4n) is 1.82. The Hall–Kier alpha value is -1.34. The van der Waals surface area contributed by atoms with Gasteiger partial charge in [0.1, 0.15) is 10.7 Å². The molecule has 0 heterocycles. The molecule has 1 aromatic carbocycles. The molecule has 0 aliphatic carbocycles. The van der Waals surface area contributed by atoms with E-state index >= 15 is 0 Å². The first-order valence-corrected chi connectivity index (χ1v) is 7.42. The van der Waals surface area contributed by atoms with Crippen LogP contribution in [0.5, 0.6) is 11.5 Å². The number of halogens is 1. The van der Waals surface area contributed by atoms with Crippen LogP contribution in [0.4, 0.5) is 4.39 Å². The second-order valence-electron chi connectivity index (χ2n) is 4.20. The highest BCUT2D eigenvalue weighted by Gasteiger charge is 2.28. The van der Waals surface area contributed by atoms with Crippen LogP contribution < -0.4 is 9.47 Å². The minimum atomic E-state index is -3.80. The molecule has 0 radical (unpaired) electrons. The number of sulfone groups is 1. The van der Waals surface area contributed by atoms with Gasteiger partial charge in [-0.3, -0.25) is 0 Å². The summed E-state index contributed by atoms with van der Waals surface area (Å²) in [7, 11) is -1.24. The smallest absolute Gasteiger partial charge is 0.182 e. The van der Waals surface area contributed by atoms with Gasteiger partial charge >= 0.3 is 0 Å². The lowest BCUT2D eigenvalue weighted by atomic mass is 10.00. The third kappa shape index (κ3) is 2.98. The van der Waals surface area contributed by atoms with Crippen molar-refractivity contribution in [2.45, 2.75) is 17.7 Å². The van der Waals surface area contributed by atoms with Crippen molar-refractivity contribution in [3.05, 3.63) is 17.4 Å². The van der Waals surface area contributed by atoms with Gasteiger partial charge in [-0.1, -0.05) is 6.92 Å². The maximum absolute atomic E-state index is 14.0. The molecule has 0 spiro atoms. The van der Waals surface area contributed by atoms with Crippen LogP contribution in [0.2, 0.25) is 0 Å². The van der Waals surface area contributed by atoms with E-state index in [9.17, 15) is 12.8 Å². The van der Waals surface area contributed by atoms with Crippen LogP contribution in [0.1, 0.15) is 18.4 Å². The van der Waals surface area contributed by atoms with Gasteiger partial charge in [0.25, 0.3) is 0 Å². The fourth-order valence-corrected chi connectivity index (χ4v) is 2.74. The second-order valence-corrected chi connectivity index (χ2v) is 6.15. The predicted molar refractivity (Wildman–Crippen MR) is 68.1 cm³/mol. The highest BCUT2D eigenvalue weighted by Crippen LogP contribution is 2.41. The van der Waals surface area contributed by atoms with Gasteiger partial charge in [0.2, 0.25) is 0 Å². The number of aliphatic hydroxyl groups excluding tert-OH is 1. The molecular weight excluding hydrogens is 275 g/mol. The first kappa shape index (κ1) is 15.7. The Bertz CT molecular complexity index is 568. The Balaban J connectivity index is 3.74. The molecule has 1 rings (SSSR count). The summed E-state index contributed by atoms with van der Waals surface area (Å²) >= 11 is 0. The van der Waals surface area contributed by atoms with E-state index in [1.165, 1.54) is 14.2 Å². The zero-order valence-electron chi connectivity index (χ0n) is 11.2. The van der Waals surface area contributed by atoms with Gasteiger partial charge in [-0.2, -0.15) is 0 Å². The van der Waals surface area contributed by atoms with Crippen molar-refractivity contribution in [3.63, 3.8) is 0 Å². The lowest BCUT2D eigenvalue weighted by Gasteiger charge is -2.19. The Morgan fingerprint density at radius 3 is 2.21 bits per heavy atom. The van der Waals surface area contributed by atoms with E-state index < -0.39 is 26.5 Å².